The number of rotatable bonds is 2. The highest BCUT2D eigenvalue weighted by molar-refractivity contribution is 7.05. The molecular weight excluding hydrogens is 192 g/mol. The summed E-state index contributed by atoms with van der Waals surface area (Å²) in [4.78, 5) is 1.24. The van der Waals surface area contributed by atoms with E-state index in [1.165, 1.54) is 37.0 Å². The SMILES string of the molecule is CC1(C(N)c2ccns2)CCCCC1. The molecule has 1 heterocycles. The summed E-state index contributed by atoms with van der Waals surface area (Å²) < 4.78 is 4.13. The second-order valence-electron chi connectivity index (χ2n) is 4.61. The Morgan fingerprint density at radius 1 is 1.43 bits per heavy atom. The molecule has 0 aromatic carbocycles. The van der Waals surface area contributed by atoms with Crippen molar-refractivity contribution in [2.75, 3.05) is 0 Å². The number of hydrogen-bond acceptors (Lipinski definition) is 3. The van der Waals surface area contributed by atoms with E-state index in [1.807, 2.05) is 6.20 Å². The Morgan fingerprint density at radius 2 is 2.14 bits per heavy atom. The van der Waals surface area contributed by atoms with E-state index in [9.17, 15) is 0 Å². The Morgan fingerprint density at radius 3 is 2.71 bits per heavy atom. The van der Waals surface area contributed by atoms with E-state index in [2.05, 4.69) is 17.4 Å². The van der Waals surface area contributed by atoms with Crippen LogP contribution < -0.4 is 5.73 Å². The van der Waals surface area contributed by atoms with Crippen molar-refractivity contribution in [1.82, 2.24) is 4.37 Å². The molecule has 1 fully saturated rings. The fourth-order valence-electron chi connectivity index (χ4n) is 2.40. The Labute approximate surface area is 89.7 Å². The molecule has 1 aliphatic rings. The molecule has 0 radical (unpaired) electrons. The van der Waals surface area contributed by atoms with Crippen LogP contribution in [0.1, 0.15) is 49.9 Å². The highest BCUT2D eigenvalue weighted by atomic mass is 32.1. The van der Waals surface area contributed by atoms with Crippen LogP contribution in [0.25, 0.3) is 0 Å². The second-order valence-corrected chi connectivity index (χ2v) is 5.47. The summed E-state index contributed by atoms with van der Waals surface area (Å²) in [5, 5.41) is 0. The van der Waals surface area contributed by atoms with E-state index in [0.29, 0.717) is 5.41 Å². The van der Waals surface area contributed by atoms with E-state index < -0.39 is 0 Å². The lowest BCUT2D eigenvalue weighted by molar-refractivity contribution is 0.172. The number of hydrogen-bond donors (Lipinski definition) is 1. The highest BCUT2D eigenvalue weighted by Crippen LogP contribution is 2.44. The van der Waals surface area contributed by atoms with Crippen LogP contribution in [0.2, 0.25) is 0 Å². The van der Waals surface area contributed by atoms with Crippen LogP contribution >= 0.6 is 11.5 Å². The zero-order chi connectivity index (χ0) is 10.0. The molecule has 1 aliphatic carbocycles. The third-order valence-electron chi connectivity index (χ3n) is 3.51. The predicted octanol–water partition coefficient (Wildman–Crippen LogP) is 3.11. The minimum absolute atomic E-state index is 0.190. The summed E-state index contributed by atoms with van der Waals surface area (Å²) in [6.45, 7) is 2.33. The Balaban J connectivity index is 2.13. The van der Waals surface area contributed by atoms with Crippen LogP contribution in [0.15, 0.2) is 12.3 Å². The van der Waals surface area contributed by atoms with Crippen LogP contribution in [0.5, 0.6) is 0 Å². The lowest BCUT2D eigenvalue weighted by Crippen LogP contribution is -2.33. The van der Waals surface area contributed by atoms with Gasteiger partial charge in [0.2, 0.25) is 0 Å². The zero-order valence-electron chi connectivity index (χ0n) is 8.70. The Kier molecular flexibility index (Phi) is 2.88. The lowest BCUT2D eigenvalue weighted by atomic mass is 9.70. The van der Waals surface area contributed by atoms with Crippen molar-refractivity contribution in [3.8, 4) is 0 Å². The maximum absolute atomic E-state index is 6.32. The van der Waals surface area contributed by atoms with E-state index in [4.69, 9.17) is 5.73 Å². The van der Waals surface area contributed by atoms with Crippen molar-refractivity contribution < 1.29 is 0 Å². The monoisotopic (exact) mass is 210 g/mol. The van der Waals surface area contributed by atoms with Gasteiger partial charge in [0.15, 0.2) is 0 Å². The van der Waals surface area contributed by atoms with E-state index >= 15 is 0 Å². The average molecular weight is 210 g/mol. The summed E-state index contributed by atoms with van der Waals surface area (Å²) in [6.07, 6.45) is 8.45. The van der Waals surface area contributed by atoms with Gasteiger partial charge in [-0.2, -0.15) is 0 Å². The van der Waals surface area contributed by atoms with Crippen LogP contribution in [0.4, 0.5) is 0 Å². The number of nitrogens with two attached hydrogens (primary N) is 1. The average Bonchev–Trinajstić information content (AvgIpc) is 2.70. The van der Waals surface area contributed by atoms with Crippen LogP contribution in [0, 0.1) is 5.41 Å². The quantitative estimate of drug-likeness (QED) is 0.814. The smallest absolute Gasteiger partial charge is 0.0460 e. The Hall–Kier alpha value is -0.410. The van der Waals surface area contributed by atoms with Crippen molar-refractivity contribution in [2.24, 2.45) is 11.1 Å². The molecule has 2 nitrogen and oxygen atoms in total. The lowest BCUT2D eigenvalue weighted by Gasteiger charge is -2.38. The first kappa shape index (κ1) is 10.1. The van der Waals surface area contributed by atoms with Gasteiger partial charge in [-0.05, 0) is 35.9 Å². The maximum Gasteiger partial charge on any atom is 0.0460 e. The normalized spacial score (nSPS) is 23.3. The maximum atomic E-state index is 6.32. The van der Waals surface area contributed by atoms with Crippen molar-refractivity contribution in [1.29, 1.82) is 0 Å². The molecule has 2 rings (SSSR count). The molecule has 0 spiro atoms. The minimum atomic E-state index is 0.190. The molecule has 0 bridgehead atoms. The van der Waals surface area contributed by atoms with Gasteiger partial charge in [0.1, 0.15) is 0 Å². The topological polar surface area (TPSA) is 38.9 Å². The molecule has 1 saturated carbocycles. The van der Waals surface area contributed by atoms with Crippen molar-refractivity contribution in [2.45, 2.75) is 45.1 Å². The first-order valence-corrected chi connectivity index (χ1v) is 6.16. The molecule has 1 aromatic rings. The largest absolute Gasteiger partial charge is 0.323 e. The predicted molar refractivity (Wildman–Crippen MR) is 60.2 cm³/mol. The van der Waals surface area contributed by atoms with Crippen molar-refractivity contribution in [3.05, 3.63) is 17.1 Å². The van der Waals surface area contributed by atoms with Gasteiger partial charge in [0, 0.05) is 17.1 Å². The van der Waals surface area contributed by atoms with Crippen LogP contribution in [-0.2, 0) is 0 Å². The first-order valence-electron chi connectivity index (χ1n) is 5.38. The molecule has 78 valence electrons. The van der Waals surface area contributed by atoms with Gasteiger partial charge in [0.25, 0.3) is 0 Å². The standard InChI is InChI=1S/C11H18N2S/c1-11(6-3-2-4-7-11)10(12)9-5-8-13-14-9/h5,8,10H,2-4,6-7,12H2,1H3. The number of aromatic nitrogens is 1. The summed E-state index contributed by atoms with van der Waals surface area (Å²) in [5.74, 6) is 0. The summed E-state index contributed by atoms with van der Waals surface area (Å²) in [6, 6.07) is 2.25. The molecular formula is C11H18N2S. The van der Waals surface area contributed by atoms with E-state index in [1.54, 1.807) is 11.5 Å². The molecule has 0 saturated heterocycles. The van der Waals surface area contributed by atoms with Gasteiger partial charge in [-0.25, -0.2) is 4.37 Å². The van der Waals surface area contributed by atoms with Crippen LogP contribution in [0.3, 0.4) is 0 Å². The van der Waals surface area contributed by atoms with Gasteiger partial charge in [0.05, 0.1) is 0 Å². The van der Waals surface area contributed by atoms with Crippen molar-refractivity contribution in [3.63, 3.8) is 0 Å². The highest BCUT2D eigenvalue weighted by Gasteiger charge is 2.34. The van der Waals surface area contributed by atoms with Crippen LogP contribution in [-0.4, -0.2) is 4.37 Å². The van der Waals surface area contributed by atoms with Crippen molar-refractivity contribution >= 4 is 11.5 Å². The molecule has 1 aromatic heterocycles. The molecule has 2 N–H and O–H groups in total. The summed E-state index contributed by atoms with van der Waals surface area (Å²) >= 11 is 1.55. The third-order valence-corrected chi connectivity index (χ3v) is 4.34. The molecule has 3 heteroatoms. The van der Waals surface area contributed by atoms with E-state index in [0.717, 1.165) is 0 Å². The number of nitrogens with zero attached hydrogens (tertiary/aromatic N) is 1. The first-order chi connectivity index (χ1) is 6.72. The fourth-order valence-corrected chi connectivity index (χ4v) is 3.16. The van der Waals surface area contributed by atoms with Gasteiger partial charge < -0.3 is 5.73 Å². The molecule has 14 heavy (non-hydrogen) atoms. The minimum Gasteiger partial charge on any atom is -0.323 e. The van der Waals surface area contributed by atoms with Gasteiger partial charge in [-0.3, -0.25) is 0 Å². The zero-order valence-corrected chi connectivity index (χ0v) is 9.52. The summed E-state index contributed by atoms with van der Waals surface area (Å²) in [5.41, 5.74) is 6.63. The van der Waals surface area contributed by atoms with Gasteiger partial charge >= 0.3 is 0 Å². The second kappa shape index (κ2) is 3.99. The fraction of sp³-hybridized carbons (Fsp3) is 0.727. The van der Waals surface area contributed by atoms with Gasteiger partial charge in [-0.15, -0.1) is 0 Å². The molecule has 1 unspecified atom stereocenters. The van der Waals surface area contributed by atoms with E-state index in [-0.39, 0.29) is 6.04 Å². The third kappa shape index (κ3) is 1.84. The molecule has 1 atom stereocenters. The molecule has 0 amide bonds. The summed E-state index contributed by atoms with van der Waals surface area (Å²) in [7, 11) is 0. The molecule has 0 aliphatic heterocycles. The Bertz CT molecular complexity index is 275. The van der Waals surface area contributed by atoms with Gasteiger partial charge in [-0.1, -0.05) is 26.2 Å².